The molecule has 0 saturated carbocycles. The number of hydrogen-bond donors (Lipinski definition) is 2. The number of halogens is 1. The molecule has 0 unspecified atom stereocenters. The Bertz CT molecular complexity index is 436. The van der Waals surface area contributed by atoms with E-state index in [1.165, 1.54) is 14.2 Å². The zero-order chi connectivity index (χ0) is 13.7. The van der Waals surface area contributed by atoms with Crippen molar-refractivity contribution in [3.8, 4) is 11.5 Å². The summed E-state index contributed by atoms with van der Waals surface area (Å²) >= 11 is 5.96. The van der Waals surface area contributed by atoms with Gasteiger partial charge in [0, 0.05) is 23.2 Å². The van der Waals surface area contributed by atoms with Crippen molar-refractivity contribution in [1.29, 1.82) is 0 Å². The molecule has 0 heterocycles. The van der Waals surface area contributed by atoms with Crippen LogP contribution in [0.2, 0.25) is 5.02 Å². The van der Waals surface area contributed by atoms with E-state index < -0.39 is 12.0 Å². The Labute approximate surface area is 111 Å². The molecule has 0 aliphatic rings. The maximum Gasteiger partial charge on any atom is 0.320 e. The van der Waals surface area contributed by atoms with Crippen LogP contribution in [0.4, 0.5) is 0 Å². The highest BCUT2D eigenvalue weighted by molar-refractivity contribution is 6.30. The summed E-state index contributed by atoms with van der Waals surface area (Å²) in [6.45, 7) is 1.89. The van der Waals surface area contributed by atoms with Gasteiger partial charge >= 0.3 is 5.97 Å². The van der Waals surface area contributed by atoms with Crippen LogP contribution >= 0.6 is 11.6 Å². The Kier molecular flexibility index (Phi) is 5.25. The van der Waals surface area contributed by atoms with E-state index in [-0.39, 0.29) is 0 Å². The summed E-state index contributed by atoms with van der Waals surface area (Å²) in [6, 6.07) is 2.70. The van der Waals surface area contributed by atoms with E-state index in [4.69, 9.17) is 26.2 Å². The molecular weight excluding hydrogens is 258 g/mol. The van der Waals surface area contributed by atoms with E-state index >= 15 is 0 Å². The summed E-state index contributed by atoms with van der Waals surface area (Å²) in [4.78, 5) is 10.7. The molecule has 0 radical (unpaired) electrons. The van der Waals surface area contributed by atoms with Gasteiger partial charge in [-0.15, -0.1) is 0 Å². The molecule has 0 aromatic heterocycles. The first-order chi connectivity index (χ1) is 8.49. The van der Waals surface area contributed by atoms with Crippen molar-refractivity contribution in [1.82, 2.24) is 5.32 Å². The highest BCUT2D eigenvalue weighted by Crippen LogP contribution is 2.34. The number of carbonyl (C=O) groups is 1. The van der Waals surface area contributed by atoms with Crippen molar-refractivity contribution in [3.63, 3.8) is 0 Å². The Morgan fingerprint density at radius 1 is 1.44 bits per heavy atom. The zero-order valence-corrected chi connectivity index (χ0v) is 11.2. The number of carboxylic acid groups (broad SMARTS) is 1. The molecule has 0 amide bonds. The molecule has 0 saturated heterocycles. The second kappa shape index (κ2) is 6.47. The maximum atomic E-state index is 10.7. The van der Waals surface area contributed by atoms with Crippen molar-refractivity contribution >= 4 is 17.6 Å². The molecule has 1 aromatic carbocycles. The molecule has 0 fully saturated rings. The Morgan fingerprint density at radius 3 is 2.61 bits per heavy atom. The second-order valence-corrected chi connectivity index (χ2v) is 4.18. The summed E-state index contributed by atoms with van der Waals surface area (Å²) in [7, 11) is 3.04. The number of methoxy groups -OCH3 is 2. The van der Waals surface area contributed by atoms with Gasteiger partial charge in [0.25, 0.3) is 0 Å². The summed E-state index contributed by atoms with van der Waals surface area (Å²) < 4.78 is 10.4. The number of hydrogen-bond acceptors (Lipinski definition) is 4. The number of benzene rings is 1. The molecule has 0 aliphatic heterocycles. The summed E-state index contributed by atoms with van der Waals surface area (Å²) in [6.07, 6.45) is 0. The first-order valence-electron chi connectivity index (χ1n) is 5.36. The normalized spacial score (nSPS) is 12.0. The molecule has 0 bridgehead atoms. The SMILES string of the molecule is COc1cc(Cl)cc(CN[C@@H](C)C(=O)O)c1OC. The van der Waals surface area contributed by atoms with Gasteiger partial charge in [-0.25, -0.2) is 0 Å². The molecule has 2 N–H and O–H groups in total. The first-order valence-corrected chi connectivity index (χ1v) is 5.74. The van der Waals surface area contributed by atoms with Gasteiger partial charge < -0.3 is 19.9 Å². The summed E-state index contributed by atoms with van der Waals surface area (Å²) in [5.41, 5.74) is 0.745. The van der Waals surface area contributed by atoms with E-state index in [0.717, 1.165) is 5.56 Å². The third-order valence-electron chi connectivity index (χ3n) is 2.49. The van der Waals surface area contributed by atoms with Gasteiger partial charge in [-0.3, -0.25) is 4.79 Å². The predicted molar refractivity (Wildman–Crippen MR) is 68.5 cm³/mol. The lowest BCUT2D eigenvalue weighted by Gasteiger charge is -2.15. The van der Waals surface area contributed by atoms with Gasteiger partial charge in [-0.1, -0.05) is 11.6 Å². The Hall–Kier alpha value is -1.46. The van der Waals surface area contributed by atoms with Crippen LogP contribution < -0.4 is 14.8 Å². The van der Waals surface area contributed by atoms with Gasteiger partial charge in [0.1, 0.15) is 6.04 Å². The van der Waals surface area contributed by atoms with Crippen LogP contribution in [0.15, 0.2) is 12.1 Å². The van der Waals surface area contributed by atoms with Gasteiger partial charge in [0.15, 0.2) is 11.5 Å². The van der Waals surface area contributed by atoms with Gasteiger partial charge in [0.05, 0.1) is 14.2 Å². The number of ether oxygens (including phenoxy) is 2. The molecular formula is C12H16ClNO4. The summed E-state index contributed by atoms with van der Waals surface area (Å²) in [5.74, 6) is 0.153. The third kappa shape index (κ3) is 3.51. The fourth-order valence-electron chi connectivity index (χ4n) is 1.49. The first kappa shape index (κ1) is 14.6. The van der Waals surface area contributed by atoms with E-state index in [9.17, 15) is 4.79 Å². The standard InChI is InChI=1S/C12H16ClNO4/c1-7(12(15)16)14-6-8-4-9(13)5-10(17-2)11(8)18-3/h4-5,7,14H,6H2,1-3H3,(H,15,16)/t7-/m0/s1. The van der Waals surface area contributed by atoms with Crippen molar-refractivity contribution < 1.29 is 19.4 Å². The minimum Gasteiger partial charge on any atom is -0.493 e. The zero-order valence-electron chi connectivity index (χ0n) is 10.5. The van der Waals surface area contributed by atoms with E-state index in [1.54, 1.807) is 19.1 Å². The third-order valence-corrected chi connectivity index (χ3v) is 2.71. The van der Waals surface area contributed by atoms with Crippen molar-refractivity contribution in [2.45, 2.75) is 19.5 Å². The second-order valence-electron chi connectivity index (χ2n) is 3.74. The van der Waals surface area contributed by atoms with Gasteiger partial charge in [-0.05, 0) is 13.0 Å². The highest BCUT2D eigenvalue weighted by atomic mass is 35.5. The summed E-state index contributed by atoms with van der Waals surface area (Å²) in [5, 5.41) is 12.2. The van der Waals surface area contributed by atoms with E-state index in [1.807, 2.05) is 0 Å². The van der Waals surface area contributed by atoms with Crippen LogP contribution in [0.3, 0.4) is 0 Å². The number of nitrogens with one attached hydrogen (secondary N) is 1. The predicted octanol–water partition coefficient (Wildman–Crippen LogP) is 1.92. The minimum atomic E-state index is -0.914. The lowest BCUT2D eigenvalue weighted by atomic mass is 10.1. The maximum absolute atomic E-state index is 10.7. The lowest BCUT2D eigenvalue weighted by Crippen LogP contribution is -2.33. The molecule has 0 aliphatic carbocycles. The number of rotatable bonds is 6. The number of aliphatic carboxylic acids is 1. The average molecular weight is 274 g/mol. The topological polar surface area (TPSA) is 67.8 Å². The fraction of sp³-hybridized carbons (Fsp3) is 0.417. The van der Waals surface area contributed by atoms with Crippen LogP contribution in [0.1, 0.15) is 12.5 Å². The largest absolute Gasteiger partial charge is 0.493 e. The highest BCUT2D eigenvalue weighted by Gasteiger charge is 2.15. The number of carboxylic acids is 1. The minimum absolute atomic E-state index is 0.327. The van der Waals surface area contributed by atoms with Crippen LogP contribution in [-0.2, 0) is 11.3 Å². The monoisotopic (exact) mass is 273 g/mol. The van der Waals surface area contributed by atoms with Gasteiger partial charge in [0.2, 0.25) is 0 Å². The molecule has 0 spiro atoms. The average Bonchev–Trinajstić information content (AvgIpc) is 2.34. The molecule has 5 nitrogen and oxygen atoms in total. The van der Waals surface area contributed by atoms with Crippen molar-refractivity contribution in [2.24, 2.45) is 0 Å². The molecule has 18 heavy (non-hydrogen) atoms. The van der Waals surface area contributed by atoms with E-state index in [0.29, 0.717) is 23.1 Å². The van der Waals surface area contributed by atoms with Crippen molar-refractivity contribution in [3.05, 3.63) is 22.7 Å². The lowest BCUT2D eigenvalue weighted by molar-refractivity contribution is -0.139. The van der Waals surface area contributed by atoms with Crippen molar-refractivity contribution in [2.75, 3.05) is 14.2 Å². The molecule has 1 aromatic rings. The Morgan fingerprint density at radius 2 is 2.11 bits per heavy atom. The molecule has 1 atom stereocenters. The van der Waals surface area contributed by atoms with Crippen LogP contribution in [0.5, 0.6) is 11.5 Å². The molecule has 100 valence electrons. The molecule has 6 heteroatoms. The fourth-order valence-corrected chi connectivity index (χ4v) is 1.72. The van der Waals surface area contributed by atoms with Crippen LogP contribution in [0.25, 0.3) is 0 Å². The molecule has 1 rings (SSSR count). The Balaban J connectivity index is 2.93. The quantitative estimate of drug-likeness (QED) is 0.829. The smallest absolute Gasteiger partial charge is 0.320 e. The van der Waals surface area contributed by atoms with Gasteiger partial charge in [-0.2, -0.15) is 0 Å². The van der Waals surface area contributed by atoms with Crippen LogP contribution in [0, 0.1) is 0 Å². The van der Waals surface area contributed by atoms with Crippen LogP contribution in [-0.4, -0.2) is 31.3 Å². The van der Waals surface area contributed by atoms with E-state index in [2.05, 4.69) is 5.32 Å².